The van der Waals surface area contributed by atoms with Gasteiger partial charge in [0.25, 0.3) is 11.7 Å². The fourth-order valence-corrected chi connectivity index (χ4v) is 2.80. The monoisotopic (exact) mass is 499 g/mol. The van der Waals surface area contributed by atoms with Gasteiger partial charge >= 0.3 is 5.97 Å². The standard InChI is InChI=1S/C19H33N9O7/c1-8(2)5-11(16(31)22-7-12(29)19(34)35)23-17(32)13(9(3)4)24-15(30)10(20)6-21-18(33)14-25-27-28-26-14/h8-13,29H,5-7,20H2,1-4H3,(H,21,33)(H,22,31)(H,23,32)(H,24,30)(H,34,35)(H,25,26,27,28)/t10-,11-,12?,13-/m0/s1. The molecule has 4 atom stereocenters. The summed E-state index contributed by atoms with van der Waals surface area (Å²) in [7, 11) is 0. The maximum Gasteiger partial charge on any atom is 0.334 e. The van der Waals surface area contributed by atoms with Gasteiger partial charge in [-0.25, -0.2) is 4.79 Å². The molecule has 0 radical (unpaired) electrons. The van der Waals surface area contributed by atoms with Crippen molar-refractivity contribution < 1.29 is 34.2 Å². The van der Waals surface area contributed by atoms with Gasteiger partial charge in [-0.2, -0.15) is 5.21 Å². The smallest absolute Gasteiger partial charge is 0.334 e. The van der Waals surface area contributed by atoms with E-state index >= 15 is 0 Å². The lowest BCUT2D eigenvalue weighted by atomic mass is 9.99. The molecule has 0 spiro atoms. The molecule has 0 fully saturated rings. The number of rotatable bonds is 14. The molecule has 1 rings (SSSR count). The predicted octanol–water partition coefficient (Wildman–Crippen LogP) is -3.51. The summed E-state index contributed by atoms with van der Waals surface area (Å²) in [5, 5.41) is 40.2. The zero-order valence-electron chi connectivity index (χ0n) is 19.9. The molecule has 16 heteroatoms. The number of H-pyrrole nitrogens is 1. The molecule has 0 saturated heterocycles. The second-order valence-corrected chi connectivity index (χ2v) is 8.57. The van der Waals surface area contributed by atoms with Gasteiger partial charge in [-0.05, 0) is 23.5 Å². The van der Waals surface area contributed by atoms with Crippen LogP contribution in [0, 0.1) is 11.8 Å². The van der Waals surface area contributed by atoms with Crippen molar-refractivity contribution in [2.24, 2.45) is 17.6 Å². The molecule has 0 aliphatic carbocycles. The highest BCUT2D eigenvalue weighted by Crippen LogP contribution is 2.08. The molecule has 35 heavy (non-hydrogen) atoms. The number of carboxylic acid groups (broad SMARTS) is 1. The second kappa shape index (κ2) is 13.9. The zero-order valence-corrected chi connectivity index (χ0v) is 19.9. The number of aromatic amines is 1. The fraction of sp³-hybridized carbons (Fsp3) is 0.684. The largest absolute Gasteiger partial charge is 0.479 e. The van der Waals surface area contributed by atoms with Gasteiger partial charge in [-0.3, -0.25) is 19.2 Å². The van der Waals surface area contributed by atoms with Crippen molar-refractivity contribution in [2.75, 3.05) is 13.1 Å². The van der Waals surface area contributed by atoms with Gasteiger partial charge in [0, 0.05) is 6.54 Å². The second-order valence-electron chi connectivity index (χ2n) is 8.57. The number of amides is 4. The number of aliphatic hydroxyl groups is 1. The summed E-state index contributed by atoms with van der Waals surface area (Å²) in [5.41, 5.74) is 5.82. The first-order valence-corrected chi connectivity index (χ1v) is 10.9. The Bertz CT molecular complexity index is 876. The van der Waals surface area contributed by atoms with Crippen molar-refractivity contribution in [1.29, 1.82) is 0 Å². The van der Waals surface area contributed by atoms with Crippen LogP contribution in [-0.2, 0) is 19.2 Å². The van der Waals surface area contributed by atoms with E-state index < -0.39 is 66.3 Å². The molecular formula is C19H33N9O7. The number of hydrogen-bond acceptors (Lipinski definition) is 10. The van der Waals surface area contributed by atoms with Crippen LogP contribution >= 0.6 is 0 Å². The lowest BCUT2D eigenvalue weighted by molar-refractivity contribution is -0.146. The number of nitrogens with zero attached hydrogens (tertiary/aromatic N) is 3. The summed E-state index contributed by atoms with van der Waals surface area (Å²) in [5.74, 6) is -4.89. The van der Waals surface area contributed by atoms with Crippen LogP contribution in [0.5, 0.6) is 0 Å². The molecule has 0 aromatic carbocycles. The Kier molecular flexibility index (Phi) is 11.7. The molecule has 1 heterocycles. The molecule has 0 bridgehead atoms. The minimum atomic E-state index is -1.79. The summed E-state index contributed by atoms with van der Waals surface area (Å²) in [6.07, 6.45) is -1.57. The quantitative estimate of drug-likeness (QED) is 0.124. The summed E-state index contributed by atoms with van der Waals surface area (Å²) in [6, 6.07) is -3.30. The third-order valence-electron chi connectivity index (χ3n) is 4.71. The lowest BCUT2D eigenvalue weighted by Gasteiger charge is -2.27. The van der Waals surface area contributed by atoms with Gasteiger partial charge in [-0.15, -0.1) is 10.2 Å². The van der Waals surface area contributed by atoms with Crippen molar-refractivity contribution >= 4 is 29.6 Å². The van der Waals surface area contributed by atoms with Crippen LogP contribution < -0.4 is 27.0 Å². The van der Waals surface area contributed by atoms with Crippen molar-refractivity contribution in [3.05, 3.63) is 5.82 Å². The number of nitrogens with two attached hydrogens (primary N) is 1. The number of carbonyl (C=O) groups excluding carboxylic acids is 4. The number of aliphatic carboxylic acids is 1. The van der Waals surface area contributed by atoms with E-state index in [1.807, 2.05) is 13.8 Å². The Morgan fingerprint density at radius 3 is 2.14 bits per heavy atom. The van der Waals surface area contributed by atoms with Crippen molar-refractivity contribution in [3.8, 4) is 0 Å². The minimum Gasteiger partial charge on any atom is -0.479 e. The van der Waals surface area contributed by atoms with E-state index in [4.69, 9.17) is 10.8 Å². The molecular weight excluding hydrogens is 466 g/mol. The third kappa shape index (κ3) is 10.0. The van der Waals surface area contributed by atoms with Gasteiger partial charge in [0.2, 0.25) is 17.7 Å². The number of carboxylic acids is 1. The van der Waals surface area contributed by atoms with Crippen LogP contribution in [-0.4, -0.2) is 97.8 Å². The average molecular weight is 500 g/mol. The number of aliphatic hydroxyl groups excluding tert-OH is 1. The van der Waals surface area contributed by atoms with E-state index in [0.717, 1.165) is 0 Å². The van der Waals surface area contributed by atoms with Gasteiger partial charge in [0.05, 0.1) is 6.54 Å². The average Bonchev–Trinajstić information content (AvgIpc) is 3.32. The molecule has 0 aliphatic rings. The van der Waals surface area contributed by atoms with E-state index in [1.54, 1.807) is 13.8 Å². The number of carbonyl (C=O) groups is 5. The van der Waals surface area contributed by atoms with Gasteiger partial charge in [0.1, 0.15) is 18.1 Å². The molecule has 1 unspecified atom stereocenters. The normalized spacial score (nSPS) is 14.5. The minimum absolute atomic E-state index is 0.0150. The van der Waals surface area contributed by atoms with Gasteiger partial charge in [0.15, 0.2) is 6.10 Å². The maximum absolute atomic E-state index is 12.9. The fourth-order valence-electron chi connectivity index (χ4n) is 2.80. The van der Waals surface area contributed by atoms with Crippen LogP contribution in [0.4, 0.5) is 0 Å². The summed E-state index contributed by atoms with van der Waals surface area (Å²) in [4.78, 5) is 60.5. The number of hydrogen-bond donors (Lipinski definition) is 8. The highest BCUT2D eigenvalue weighted by molar-refractivity contribution is 5.94. The zero-order chi connectivity index (χ0) is 26.7. The van der Waals surface area contributed by atoms with Crippen molar-refractivity contribution in [3.63, 3.8) is 0 Å². The van der Waals surface area contributed by atoms with Gasteiger partial charge in [-0.1, -0.05) is 27.7 Å². The third-order valence-corrected chi connectivity index (χ3v) is 4.71. The number of tetrazole rings is 1. The van der Waals surface area contributed by atoms with E-state index in [-0.39, 0.29) is 24.7 Å². The van der Waals surface area contributed by atoms with Crippen LogP contribution in [0.3, 0.4) is 0 Å². The first-order valence-electron chi connectivity index (χ1n) is 10.9. The Balaban J connectivity index is 2.76. The molecule has 0 aliphatic heterocycles. The van der Waals surface area contributed by atoms with Crippen LogP contribution in [0.1, 0.15) is 44.7 Å². The van der Waals surface area contributed by atoms with Crippen LogP contribution in [0.15, 0.2) is 0 Å². The molecule has 1 aromatic heterocycles. The SMILES string of the molecule is CC(C)C[C@H](NC(=O)[C@@H](NC(=O)[C@@H](N)CNC(=O)c1nn[nH]n1)C(C)C)C(=O)NCC(O)C(=O)O. The van der Waals surface area contributed by atoms with E-state index in [1.165, 1.54) is 0 Å². The molecule has 1 aromatic rings. The van der Waals surface area contributed by atoms with Crippen LogP contribution in [0.25, 0.3) is 0 Å². The lowest BCUT2D eigenvalue weighted by Crippen LogP contribution is -2.59. The maximum atomic E-state index is 12.9. The molecule has 9 N–H and O–H groups in total. The topological polar surface area (TPSA) is 254 Å². The van der Waals surface area contributed by atoms with Crippen molar-refractivity contribution in [1.82, 2.24) is 41.9 Å². The Morgan fingerprint density at radius 2 is 1.63 bits per heavy atom. The molecule has 0 saturated carbocycles. The van der Waals surface area contributed by atoms with E-state index in [0.29, 0.717) is 0 Å². The summed E-state index contributed by atoms with van der Waals surface area (Å²) in [6.45, 7) is 6.19. The Labute approximate surface area is 201 Å². The Hall–Kier alpha value is -3.66. The van der Waals surface area contributed by atoms with Gasteiger partial charge < -0.3 is 37.2 Å². The molecule has 196 valence electrons. The number of aromatic nitrogens is 4. The van der Waals surface area contributed by atoms with E-state index in [2.05, 4.69) is 41.9 Å². The summed E-state index contributed by atoms with van der Waals surface area (Å²) >= 11 is 0. The number of nitrogens with one attached hydrogen (secondary N) is 5. The first-order chi connectivity index (χ1) is 16.3. The molecule has 16 nitrogen and oxygen atoms in total. The van der Waals surface area contributed by atoms with Crippen molar-refractivity contribution in [2.45, 2.75) is 58.3 Å². The predicted molar refractivity (Wildman–Crippen MR) is 119 cm³/mol. The first kappa shape index (κ1) is 29.4. The summed E-state index contributed by atoms with van der Waals surface area (Å²) < 4.78 is 0. The van der Waals surface area contributed by atoms with E-state index in [9.17, 15) is 29.1 Å². The highest BCUT2D eigenvalue weighted by atomic mass is 16.4. The van der Waals surface area contributed by atoms with Crippen LogP contribution in [0.2, 0.25) is 0 Å². The highest BCUT2D eigenvalue weighted by Gasteiger charge is 2.31. The Morgan fingerprint density at radius 1 is 0.971 bits per heavy atom. The molecule has 4 amide bonds.